The van der Waals surface area contributed by atoms with Crippen LogP contribution >= 0.6 is 0 Å². The van der Waals surface area contributed by atoms with Crippen LogP contribution in [0.3, 0.4) is 0 Å². The molecule has 1 fully saturated rings. The summed E-state index contributed by atoms with van der Waals surface area (Å²) < 4.78 is 0. The van der Waals surface area contributed by atoms with Gasteiger partial charge in [-0.25, -0.2) is 19.9 Å². The molecule has 1 saturated heterocycles. The third-order valence-corrected chi connectivity index (χ3v) is 4.82. The fourth-order valence-corrected chi connectivity index (χ4v) is 3.15. The minimum absolute atomic E-state index is 0.179. The first-order chi connectivity index (χ1) is 12.9. The first kappa shape index (κ1) is 19.0. The monoisotopic (exact) mass is 369 g/mol. The van der Waals surface area contributed by atoms with Gasteiger partial charge in [-0.05, 0) is 26.3 Å². The van der Waals surface area contributed by atoms with E-state index in [1.165, 1.54) is 4.90 Å². The summed E-state index contributed by atoms with van der Waals surface area (Å²) in [5.74, 6) is 2.60. The molecule has 8 nitrogen and oxygen atoms in total. The number of aryl methyl sites for hydroxylation is 2. The molecule has 2 aromatic rings. The zero-order valence-corrected chi connectivity index (χ0v) is 16.7. The molecule has 8 heteroatoms. The summed E-state index contributed by atoms with van der Waals surface area (Å²) in [6, 6.07) is 2.17. The van der Waals surface area contributed by atoms with Crippen LogP contribution in [0.4, 0.5) is 11.6 Å². The summed E-state index contributed by atoms with van der Waals surface area (Å²) in [5.41, 5.74) is 1.85. The van der Waals surface area contributed by atoms with Crippen molar-refractivity contribution in [1.82, 2.24) is 24.8 Å². The summed E-state index contributed by atoms with van der Waals surface area (Å²) in [7, 11) is 3.42. The molecular weight excluding hydrogens is 342 g/mol. The van der Waals surface area contributed by atoms with E-state index < -0.39 is 0 Å². The molecule has 1 aliphatic rings. The molecule has 0 spiro atoms. The standard InChI is InChI=1S/C19H27N7O/c1-6-15-20-9-7-16(23-15)22-14-8-10-26(11-14)18-12(2)13(3)21-17(24-18)19(27)25(4)5/h7,9,14H,6,8,10-11H2,1-5H3,(H,20,22,23)/t14-/m1/s1. The van der Waals surface area contributed by atoms with Crippen LogP contribution in [-0.2, 0) is 6.42 Å². The lowest BCUT2D eigenvalue weighted by atomic mass is 10.2. The van der Waals surface area contributed by atoms with Gasteiger partial charge in [-0.2, -0.15) is 0 Å². The van der Waals surface area contributed by atoms with Crippen LogP contribution in [0, 0.1) is 13.8 Å². The van der Waals surface area contributed by atoms with Crippen molar-refractivity contribution in [2.24, 2.45) is 0 Å². The van der Waals surface area contributed by atoms with Crippen molar-refractivity contribution >= 4 is 17.5 Å². The molecule has 0 aliphatic carbocycles. The molecule has 0 saturated carbocycles. The highest BCUT2D eigenvalue weighted by atomic mass is 16.2. The summed E-state index contributed by atoms with van der Waals surface area (Å²) >= 11 is 0. The van der Waals surface area contributed by atoms with Crippen LogP contribution in [0.5, 0.6) is 0 Å². The van der Waals surface area contributed by atoms with Crippen molar-refractivity contribution in [3.63, 3.8) is 0 Å². The molecule has 1 N–H and O–H groups in total. The molecule has 1 aliphatic heterocycles. The van der Waals surface area contributed by atoms with Gasteiger partial charge in [0, 0.05) is 57.1 Å². The van der Waals surface area contributed by atoms with Crippen molar-refractivity contribution in [1.29, 1.82) is 0 Å². The van der Waals surface area contributed by atoms with Crippen molar-refractivity contribution in [3.05, 3.63) is 35.2 Å². The Morgan fingerprint density at radius 1 is 1.30 bits per heavy atom. The van der Waals surface area contributed by atoms with Gasteiger partial charge in [0.05, 0.1) is 0 Å². The molecule has 27 heavy (non-hydrogen) atoms. The smallest absolute Gasteiger partial charge is 0.291 e. The predicted octanol–water partition coefficient (Wildman–Crippen LogP) is 1.84. The van der Waals surface area contributed by atoms with E-state index in [0.29, 0.717) is 0 Å². The van der Waals surface area contributed by atoms with Gasteiger partial charge in [-0.3, -0.25) is 4.79 Å². The summed E-state index contributed by atoms with van der Waals surface area (Å²) in [6.45, 7) is 7.65. The van der Waals surface area contributed by atoms with E-state index in [9.17, 15) is 4.79 Å². The first-order valence-corrected chi connectivity index (χ1v) is 9.29. The number of rotatable bonds is 5. The molecule has 3 heterocycles. The van der Waals surface area contributed by atoms with Crippen molar-refractivity contribution in [3.8, 4) is 0 Å². The lowest BCUT2D eigenvalue weighted by molar-refractivity contribution is 0.0815. The second-order valence-corrected chi connectivity index (χ2v) is 7.07. The molecule has 0 radical (unpaired) electrons. The highest BCUT2D eigenvalue weighted by Crippen LogP contribution is 2.25. The molecule has 1 atom stereocenters. The molecule has 2 aromatic heterocycles. The fraction of sp³-hybridized carbons (Fsp3) is 0.526. The van der Waals surface area contributed by atoms with Gasteiger partial charge in [0.2, 0.25) is 5.82 Å². The van der Waals surface area contributed by atoms with Crippen molar-refractivity contribution < 1.29 is 4.79 Å². The van der Waals surface area contributed by atoms with E-state index in [1.54, 1.807) is 20.3 Å². The van der Waals surface area contributed by atoms with Gasteiger partial charge in [0.25, 0.3) is 5.91 Å². The van der Waals surface area contributed by atoms with Crippen molar-refractivity contribution in [2.75, 3.05) is 37.4 Å². The normalized spacial score (nSPS) is 16.5. The molecule has 3 rings (SSSR count). The van der Waals surface area contributed by atoms with Crippen LogP contribution < -0.4 is 10.2 Å². The lowest BCUT2D eigenvalue weighted by Gasteiger charge is -2.22. The number of nitrogens with zero attached hydrogens (tertiary/aromatic N) is 6. The van der Waals surface area contributed by atoms with Crippen molar-refractivity contribution in [2.45, 2.75) is 39.7 Å². The average Bonchev–Trinajstić information content (AvgIpc) is 3.11. The Kier molecular flexibility index (Phi) is 5.53. The second-order valence-electron chi connectivity index (χ2n) is 7.07. The maximum absolute atomic E-state index is 12.3. The van der Waals surface area contributed by atoms with E-state index in [0.717, 1.165) is 54.6 Å². The minimum Gasteiger partial charge on any atom is -0.365 e. The molecular formula is C19H27N7O. The van der Waals surface area contributed by atoms with E-state index in [1.807, 2.05) is 26.8 Å². The summed E-state index contributed by atoms with van der Waals surface area (Å²) in [5, 5.41) is 3.49. The highest BCUT2D eigenvalue weighted by molar-refractivity contribution is 5.90. The largest absolute Gasteiger partial charge is 0.365 e. The third kappa shape index (κ3) is 4.15. The van der Waals surface area contributed by atoms with Gasteiger partial charge in [-0.1, -0.05) is 6.92 Å². The van der Waals surface area contributed by atoms with Crippen LogP contribution in [-0.4, -0.2) is 64.0 Å². The topological polar surface area (TPSA) is 87.1 Å². The van der Waals surface area contributed by atoms with Gasteiger partial charge in [0.15, 0.2) is 0 Å². The number of anilines is 2. The molecule has 144 valence electrons. The number of carbonyl (C=O) groups is 1. The van der Waals surface area contributed by atoms with Gasteiger partial charge in [0.1, 0.15) is 17.5 Å². The number of hydrogen-bond acceptors (Lipinski definition) is 7. The number of aromatic nitrogens is 4. The number of nitrogens with one attached hydrogen (secondary N) is 1. The van der Waals surface area contributed by atoms with Gasteiger partial charge < -0.3 is 15.1 Å². The first-order valence-electron chi connectivity index (χ1n) is 9.29. The number of hydrogen-bond donors (Lipinski definition) is 1. The van der Waals surface area contributed by atoms with E-state index in [4.69, 9.17) is 0 Å². The Bertz CT molecular complexity index is 837. The average molecular weight is 369 g/mol. The highest BCUT2D eigenvalue weighted by Gasteiger charge is 2.27. The van der Waals surface area contributed by atoms with Crippen LogP contribution in [0.25, 0.3) is 0 Å². The maximum atomic E-state index is 12.3. The zero-order valence-electron chi connectivity index (χ0n) is 16.7. The third-order valence-electron chi connectivity index (χ3n) is 4.82. The molecule has 0 unspecified atom stereocenters. The van der Waals surface area contributed by atoms with Crippen LogP contribution in [0.15, 0.2) is 12.3 Å². The number of amides is 1. The SMILES string of the molecule is CCc1nccc(N[C@@H]2CCN(c3nc(C(=O)N(C)C)nc(C)c3C)C2)n1. The Labute approximate surface area is 160 Å². The van der Waals surface area contributed by atoms with Crippen LogP contribution in [0.2, 0.25) is 0 Å². The van der Waals surface area contributed by atoms with E-state index in [2.05, 4.69) is 30.2 Å². The molecule has 1 amide bonds. The predicted molar refractivity (Wildman–Crippen MR) is 105 cm³/mol. The lowest BCUT2D eigenvalue weighted by Crippen LogP contribution is -2.30. The molecule has 0 aromatic carbocycles. The maximum Gasteiger partial charge on any atom is 0.291 e. The van der Waals surface area contributed by atoms with Gasteiger partial charge in [-0.15, -0.1) is 0 Å². The molecule has 0 bridgehead atoms. The Morgan fingerprint density at radius 2 is 2.07 bits per heavy atom. The quantitative estimate of drug-likeness (QED) is 0.860. The minimum atomic E-state index is -0.179. The Balaban J connectivity index is 1.77. The summed E-state index contributed by atoms with van der Waals surface area (Å²) in [6.07, 6.45) is 3.58. The Hall–Kier alpha value is -2.77. The van der Waals surface area contributed by atoms with Gasteiger partial charge >= 0.3 is 0 Å². The Morgan fingerprint density at radius 3 is 2.78 bits per heavy atom. The second kappa shape index (κ2) is 7.85. The van der Waals surface area contributed by atoms with E-state index in [-0.39, 0.29) is 17.8 Å². The number of carbonyl (C=O) groups excluding carboxylic acids is 1. The van der Waals surface area contributed by atoms with Crippen LogP contribution in [0.1, 0.15) is 41.0 Å². The fourth-order valence-electron chi connectivity index (χ4n) is 3.15. The summed E-state index contributed by atoms with van der Waals surface area (Å²) in [4.78, 5) is 33.7. The van der Waals surface area contributed by atoms with E-state index >= 15 is 0 Å². The zero-order chi connectivity index (χ0) is 19.6.